The SMILES string of the molecule is COc1nccc(I)c1C(=O)N1CCOCC1. The summed E-state index contributed by atoms with van der Waals surface area (Å²) >= 11 is 2.12. The Morgan fingerprint density at radius 3 is 2.88 bits per heavy atom. The van der Waals surface area contributed by atoms with Crippen LogP contribution in [0.5, 0.6) is 5.88 Å². The average molecular weight is 348 g/mol. The number of carbonyl (C=O) groups excluding carboxylic acids is 1. The predicted molar refractivity (Wildman–Crippen MR) is 70.2 cm³/mol. The summed E-state index contributed by atoms with van der Waals surface area (Å²) in [5.74, 6) is 0.344. The summed E-state index contributed by atoms with van der Waals surface area (Å²) in [6.07, 6.45) is 1.64. The molecular formula is C11H13IN2O3. The highest BCUT2D eigenvalue weighted by molar-refractivity contribution is 14.1. The van der Waals surface area contributed by atoms with E-state index in [2.05, 4.69) is 27.6 Å². The molecule has 92 valence electrons. The maximum atomic E-state index is 12.3. The number of hydrogen-bond acceptors (Lipinski definition) is 4. The van der Waals surface area contributed by atoms with Gasteiger partial charge in [0.05, 0.1) is 20.3 Å². The van der Waals surface area contributed by atoms with Gasteiger partial charge in [-0.05, 0) is 28.7 Å². The number of halogens is 1. The van der Waals surface area contributed by atoms with Crippen LogP contribution in [0.15, 0.2) is 12.3 Å². The largest absolute Gasteiger partial charge is 0.480 e. The Bertz CT molecular complexity index is 419. The van der Waals surface area contributed by atoms with E-state index in [-0.39, 0.29) is 5.91 Å². The third kappa shape index (κ3) is 2.68. The van der Waals surface area contributed by atoms with Crippen molar-refractivity contribution in [2.24, 2.45) is 0 Å². The van der Waals surface area contributed by atoms with Crippen LogP contribution in [-0.2, 0) is 4.74 Å². The molecule has 0 N–H and O–H groups in total. The highest BCUT2D eigenvalue weighted by atomic mass is 127. The standard InChI is InChI=1S/C11H13IN2O3/c1-16-10-9(8(12)2-3-13-10)11(15)14-4-6-17-7-5-14/h2-3H,4-7H2,1H3. The number of nitrogens with zero attached hydrogens (tertiary/aromatic N) is 2. The molecule has 1 aromatic rings. The van der Waals surface area contributed by atoms with Crippen molar-refractivity contribution in [3.8, 4) is 5.88 Å². The van der Waals surface area contributed by atoms with E-state index in [9.17, 15) is 4.79 Å². The fraction of sp³-hybridized carbons (Fsp3) is 0.455. The van der Waals surface area contributed by atoms with Crippen molar-refractivity contribution < 1.29 is 14.3 Å². The summed E-state index contributed by atoms with van der Waals surface area (Å²) < 4.78 is 11.2. The first kappa shape index (κ1) is 12.6. The van der Waals surface area contributed by atoms with Crippen LogP contribution in [0.25, 0.3) is 0 Å². The van der Waals surface area contributed by atoms with Gasteiger partial charge in [0.25, 0.3) is 5.91 Å². The molecule has 1 amide bonds. The number of pyridine rings is 1. The van der Waals surface area contributed by atoms with Gasteiger partial charge in [-0.15, -0.1) is 0 Å². The maximum absolute atomic E-state index is 12.3. The number of morpholine rings is 1. The second-order valence-corrected chi connectivity index (χ2v) is 4.74. The van der Waals surface area contributed by atoms with E-state index in [1.54, 1.807) is 17.2 Å². The van der Waals surface area contributed by atoms with Crippen molar-refractivity contribution in [1.82, 2.24) is 9.88 Å². The average Bonchev–Trinajstić information content (AvgIpc) is 2.38. The van der Waals surface area contributed by atoms with Crippen LogP contribution >= 0.6 is 22.6 Å². The quantitative estimate of drug-likeness (QED) is 0.753. The molecule has 0 radical (unpaired) electrons. The molecule has 1 aliphatic rings. The van der Waals surface area contributed by atoms with Crippen LogP contribution < -0.4 is 4.74 Å². The van der Waals surface area contributed by atoms with Gasteiger partial charge in [-0.3, -0.25) is 4.79 Å². The summed E-state index contributed by atoms with van der Waals surface area (Å²) in [5, 5.41) is 0. The molecule has 1 aromatic heterocycles. The van der Waals surface area contributed by atoms with Crippen molar-refractivity contribution in [1.29, 1.82) is 0 Å². The topological polar surface area (TPSA) is 51.7 Å². The van der Waals surface area contributed by atoms with Crippen LogP contribution in [0, 0.1) is 3.57 Å². The predicted octanol–water partition coefficient (Wildman–Crippen LogP) is 1.17. The summed E-state index contributed by atoms with van der Waals surface area (Å²) in [7, 11) is 1.52. The number of carbonyl (C=O) groups is 1. The monoisotopic (exact) mass is 348 g/mol. The van der Waals surface area contributed by atoms with Gasteiger partial charge in [-0.25, -0.2) is 4.98 Å². The van der Waals surface area contributed by atoms with Gasteiger partial charge in [-0.1, -0.05) is 0 Å². The highest BCUT2D eigenvalue weighted by Gasteiger charge is 2.24. The summed E-state index contributed by atoms with van der Waals surface area (Å²) in [5.41, 5.74) is 0.539. The molecule has 1 saturated heterocycles. The summed E-state index contributed by atoms with van der Waals surface area (Å²) in [4.78, 5) is 18.2. The van der Waals surface area contributed by atoms with E-state index < -0.39 is 0 Å². The molecule has 0 spiro atoms. The van der Waals surface area contributed by atoms with Gasteiger partial charge in [0.15, 0.2) is 0 Å². The van der Waals surface area contributed by atoms with Gasteiger partial charge >= 0.3 is 0 Å². The second kappa shape index (κ2) is 5.63. The molecule has 6 heteroatoms. The fourth-order valence-electron chi connectivity index (χ4n) is 1.69. The molecule has 0 aromatic carbocycles. The van der Waals surface area contributed by atoms with E-state index in [1.807, 2.05) is 0 Å². The van der Waals surface area contributed by atoms with Crippen LogP contribution in [0.3, 0.4) is 0 Å². The molecule has 0 atom stereocenters. The third-order valence-corrected chi connectivity index (χ3v) is 3.47. The van der Waals surface area contributed by atoms with E-state index >= 15 is 0 Å². The minimum absolute atomic E-state index is 0.0392. The summed E-state index contributed by atoms with van der Waals surface area (Å²) in [6.45, 7) is 2.41. The van der Waals surface area contributed by atoms with Gasteiger partial charge in [0.1, 0.15) is 5.56 Å². The molecule has 0 saturated carbocycles. The van der Waals surface area contributed by atoms with Gasteiger partial charge in [0.2, 0.25) is 5.88 Å². The first-order valence-electron chi connectivity index (χ1n) is 5.29. The Labute approximate surface area is 113 Å². The third-order valence-electron chi connectivity index (χ3n) is 2.57. The van der Waals surface area contributed by atoms with Crippen molar-refractivity contribution in [2.75, 3.05) is 33.4 Å². The Balaban J connectivity index is 2.29. The normalized spacial score (nSPS) is 15.8. The minimum atomic E-state index is -0.0392. The molecule has 17 heavy (non-hydrogen) atoms. The highest BCUT2D eigenvalue weighted by Crippen LogP contribution is 2.23. The smallest absolute Gasteiger partial charge is 0.260 e. The van der Waals surface area contributed by atoms with Crippen molar-refractivity contribution >= 4 is 28.5 Å². The lowest BCUT2D eigenvalue weighted by Crippen LogP contribution is -2.41. The molecule has 0 bridgehead atoms. The second-order valence-electron chi connectivity index (χ2n) is 3.58. The van der Waals surface area contributed by atoms with Crippen LogP contribution in [-0.4, -0.2) is 49.2 Å². The number of ether oxygens (including phenoxy) is 2. The molecule has 1 aliphatic heterocycles. The van der Waals surface area contributed by atoms with Gasteiger partial charge < -0.3 is 14.4 Å². The number of amides is 1. The van der Waals surface area contributed by atoms with Gasteiger partial charge in [0, 0.05) is 22.9 Å². The first-order chi connectivity index (χ1) is 8.24. The van der Waals surface area contributed by atoms with Crippen molar-refractivity contribution in [3.05, 3.63) is 21.4 Å². The Morgan fingerprint density at radius 1 is 1.53 bits per heavy atom. The molecule has 1 fully saturated rings. The number of methoxy groups -OCH3 is 1. The molecule has 5 nitrogen and oxygen atoms in total. The Hall–Kier alpha value is -0.890. The zero-order chi connectivity index (χ0) is 12.3. The van der Waals surface area contributed by atoms with E-state index in [1.165, 1.54) is 7.11 Å². The van der Waals surface area contributed by atoms with E-state index in [4.69, 9.17) is 9.47 Å². The van der Waals surface area contributed by atoms with Crippen molar-refractivity contribution in [2.45, 2.75) is 0 Å². The molecule has 0 unspecified atom stereocenters. The first-order valence-corrected chi connectivity index (χ1v) is 6.37. The molecule has 2 heterocycles. The van der Waals surface area contributed by atoms with Crippen LogP contribution in [0.4, 0.5) is 0 Å². The fourth-order valence-corrected chi connectivity index (χ4v) is 2.32. The molecular weight excluding hydrogens is 335 g/mol. The molecule has 2 rings (SSSR count). The lowest BCUT2D eigenvalue weighted by molar-refractivity contribution is 0.0299. The molecule has 0 aliphatic carbocycles. The van der Waals surface area contributed by atoms with Crippen LogP contribution in [0.2, 0.25) is 0 Å². The van der Waals surface area contributed by atoms with E-state index in [0.29, 0.717) is 37.7 Å². The zero-order valence-corrected chi connectivity index (χ0v) is 11.6. The lowest BCUT2D eigenvalue weighted by Gasteiger charge is -2.27. The maximum Gasteiger partial charge on any atom is 0.260 e. The Kier molecular flexibility index (Phi) is 4.16. The van der Waals surface area contributed by atoms with Crippen LogP contribution in [0.1, 0.15) is 10.4 Å². The lowest BCUT2D eigenvalue weighted by atomic mass is 10.2. The number of rotatable bonds is 2. The zero-order valence-electron chi connectivity index (χ0n) is 9.48. The van der Waals surface area contributed by atoms with E-state index in [0.717, 1.165) is 3.57 Å². The van der Waals surface area contributed by atoms with Gasteiger partial charge in [-0.2, -0.15) is 0 Å². The number of aromatic nitrogens is 1. The number of hydrogen-bond donors (Lipinski definition) is 0. The summed E-state index contributed by atoms with van der Waals surface area (Å²) in [6, 6.07) is 1.80. The minimum Gasteiger partial charge on any atom is -0.480 e. The Morgan fingerprint density at radius 2 is 2.24 bits per heavy atom. The van der Waals surface area contributed by atoms with Crippen molar-refractivity contribution in [3.63, 3.8) is 0 Å².